The molecule has 0 aliphatic heterocycles. The fourth-order valence-corrected chi connectivity index (χ4v) is 4.33. The molecule has 11 N–H and O–H groups in total. The molecule has 1 aromatic heterocycles. The molecule has 41 heavy (non-hydrogen) atoms. The minimum atomic E-state index is -1.24. The van der Waals surface area contributed by atoms with Gasteiger partial charge >= 0.3 is 5.97 Å². The van der Waals surface area contributed by atoms with E-state index in [1.165, 1.54) is 24.3 Å². The van der Waals surface area contributed by atoms with E-state index in [2.05, 4.69) is 30.9 Å². The predicted octanol–water partition coefficient (Wildman–Crippen LogP) is -1.13. The van der Waals surface area contributed by atoms with Crippen molar-refractivity contribution in [1.29, 1.82) is 0 Å². The molecule has 0 radical (unpaired) electrons. The number of hydrogen-bond donors (Lipinski definition) is 8. The highest BCUT2D eigenvalue weighted by atomic mass is 32.2. The van der Waals surface area contributed by atoms with Gasteiger partial charge in [0.05, 0.1) is 12.4 Å². The number of hydrogen-bond acceptors (Lipinski definition) is 8. The maximum atomic E-state index is 13.5. The Labute approximate surface area is 242 Å². The lowest BCUT2D eigenvalue weighted by molar-refractivity contribution is -0.142. The zero-order valence-corrected chi connectivity index (χ0v) is 23.7. The number of rotatable bonds is 18. The summed E-state index contributed by atoms with van der Waals surface area (Å²) in [7, 11) is 0. The SMILES string of the molecule is CSCCC(NC(=O)C(Cc1ccccc1)NC(=O)C(N)CCCN=C(N)N)C(=O)NC(Cc1cnc[nH]1)C(=O)O. The summed E-state index contributed by atoms with van der Waals surface area (Å²) in [5.41, 5.74) is 18.0. The van der Waals surface area contributed by atoms with Crippen molar-refractivity contribution in [2.45, 2.75) is 56.3 Å². The van der Waals surface area contributed by atoms with E-state index in [4.69, 9.17) is 17.2 Å². The minimum absolute atomic E-state index is 0.0158. The van der Waals surface area contributed by atoms with Crippen LogP contribution in [-0.2, 0) is 32.0 Å². The van der Waals surface area contributed by atoms with Crippen molar-refractivity contribution in [2.75, 3.05) is 18.6 Å². The van der Waals surface area contributed by atoms with Crippen LogP contribution in [0.5, 0.6) is 0 Å². The number of amides is 3. The number of aliphatic carboxylic acids is 1. The van der Waals surface area contributed by atoms with E-state index in [9.17, 15) is 24.3 Å². The lowest BCUT2D eigenvalue weighted by Crippen LogP contribution is -2.58. The first-order valence-corrected chi connectivity index (χ1v) is 14.4. The molecule has 0 aliphatic rings. The van der Waals surface area contributed by atoms with Gasteiger partial charge in [-0.1, -0.05) is 30.3 Å². The lowest BCUT2D eigenvalue weighted by atomic mass is 10.0. The Morgan fingerprint density at radius 1 is 0.976 bits per heavy atom. The van der Waals surface area contributed by atoms with Crippen LogP contribution in [0.4, 0.5) is 0 Å². The number of aromatic nitrogens is 2. The van der Waals surface area contributed by atoms with Crippen LogP contribution in [0.15, 0.2) is 47.8 Å². The number of benzene rings is 1. The van der Waals surface area contributed by atoms with Crippen LogP contribution in [-0.4, -0.2) is 87.4 Å². The van der Waals surface area contributed by atoms with Crippen molar-refractivity contribution in [3.63, 3.8) is 0 Å². The average molecular weight is 590 g/mol. The third-order valence-corrected chi connectivity index (χ3v) is 6.70. The Morgan fingerprint density at radius 3 is 2.24 bits per heavy atom. The summed E-state index contributed by atoms with van der Waals surface area (Å²) in [6, 6.07) is 4.83. The molecule has 0 saturated carbocycles. The van der Waals surface area contributed by atoms with Crippen LogP contribution in [0.25, 0.3) is 0 Å². The van der Waals surface area contributed by atoms with E-state index < -0.39 is 47.9 Å². The number of guanidine groups is 1. The molecule has 4 unspecified atom stereocenters. The highest BCUT2D eigenvalue weighted by molar-refractivity contribution is 7.98. The number of imidazole rings is 1. The van der Waals surface area contributed by atoms with Crippen LogP contribution in [0.1, 0.15) is 30.5 Å². The molecule has 224 valence electrons. The number of nitrogens with zero attached hydrogens (tertiary/aromatic N) is 2. The van der Waals surface area contributed by atoms with Gasteiger partial charge in [-0.3, -0.25) is 19.4 Å². The summed E-state index contributed by atoms with van der Waals surface area (Å²) < 4.78 is 0. The van der Waals surface area contributed by atoms with Crippen LogP contribution in [0, 0.1) is 0 Å². The average Bonchev–Trinajstić information content (AvgIpc) is 3.45. The van der Waals surface area contributed by atoms with E-state index in [1.807, 2.05) is 36.6 Å². The van der Waals surface area contributed by atoms with Crippen molar-refractivity contribution in [1.82, 2.24) is 25.9 Å². The van der Waals surface area contributed by atoms with Crippen molar-refractivity contribution >= 4 is 41.4 Å². The van der Waals surface area contributed by atoms with Crippen molar-refractivity contribution in [3.8, 4) is 0 Å². The van der Waals surface area contributed by atoms with Crippen LogP contribution >= 0.6 is 11.8 Å². The second-order valence-corrected chi connectivity index (χ2v) is 10.3. The zero-order valence-electron chi connectivity index (χ0n) is 22.9. The minimum Gasteiger partial charge on any atom is -0.480 e. The first-order valence-electron chi connectivity index (χ1n) is 13.1. The van der Waals surface area contributed by atoms with Crippen LogP contribution in [0.3, 0.4) is 0 Å². The van der Waals surface area contributed by atoms with E-state index in [1.54, 1.807) is 0 Å². The number of carbonyl (C=O) groups excluding carboxylic acids is 3. The Balaban J connectivity index is 2.15. The number of carbonyl (C=O) groups is 4. The Morgan fingerprint density at radius 2 is 1.63 bits per heavy atom. The Bertz CT molecular complexity index is 1140. The van der Waals surface area contributed by atoms with Gasteiger partial charge in [0.1, 0.15) is 18.1 Å². The van der Waals surface area contributed by atoms with Crippen molar-refractivity contribution in [2.24, 2.45) is 22.2 Å². The molecule has 14 nitrogen and oxygen atoms in total. The van der Waals surface area contributed by atoms with E-state index in [0.29, 0.717) is 24.4 Å². The number of thioether (sulfide) groups is 1. The molecule has 1 heterocycles. The molecule has 0 fully saturated rings. The number of aliphatic imine (C=N–C) groups is 1. The monoisotopic (exact) mass is 589 g/mol. The number of H-pyrrole nitrogens is 1. The molecular weight excluding hydrogens is 550 g/mol. The largest absolute Gasteiger partial charge is 0.480 e. The zero-order chi connectivity index (χ0) is 30.2. The molecule has 0 aliphatic carbocycles. The highest BCUT2D eigenvalue weighted by Crippen LogP contribution is 2.08. The smallest absolute Gasteiger partial charge is 0.326 e. The number of aromatic amines is 1. The molecule has 3 amide bonds. The third kappa shape index (κ3) is 12.3. The van der Waals surface area contributed by atoms with Gasteiger partial charge in [-0.15, -0.1) is 0 Å². The standard InChI is InChI=1S/C26H39N9O5S/c1-41-11-9-19(23(37)35-21(25(39)40)13-17-14-30-15-32-17)33-24(38)20(12-16-6-3-2-4-7-16)34-22(36)18(27)8-5-10-31-26(28)29/h2-4,6-7,14-15,18-21H,5,8-13,27H2,1H3,(H,30,32)(H,33,38)(H,34,36)(H,35,37)(H,39,40)(H4,28,29,31). The number of nitrogens with one attached hydrogen (secondary N) is 4. The van der Waals surface area contributed by atoms with Gasteiger partial charge in [0.25, 0.3) is 0 Å². The van der Waals surface area contributed by atoms with Gasteiger partial charge in [-0.2, -0.15) is 11.8 Å². The maximum Gasteiger partial charge on any atom is 0.326 e. The van der Waals surface area contributed by atoms with Gasteiger partial charge in [0, 0.05) is 31.3 Å². The van der Waals surface area contributed by atoms with Gasteiger partial charge in [-0.05, 0) is 36.8 Å². The number of carboxylic acid groups (broad SMARTS) is 1. The molecule has 4 atom stereocenters. The molecule has 0 spiro atoms. The summed E-state index contributed by atoms with van der Waals surface area (Å²) >= 11 is 1.47. The quantitative estimate of drug-likeness (QED) is 0.0590. The molecule has 15 heteroatoms. The number of carboxylic acids is 1. The van der Waals surface area contributed by atoms with E-state index in [-0.39, 0.29) is 31.6 Å². The van der Waals surface area contributed by atoms with Gasteiger partial charge in [0.2, 0.25) is 17.7 Å². The molecule has 0 bridgehead atoms. The topological polar surface area (TPSA) is 244 Å². The second-order valence-electron chi connectivity index (χ2n) is 9.33. The normalized spacial score (nSPS) is 13.7. The highest BCUT2D eigenvalue weighted by Gasteiger charge is 2.30. The fraction of sp³-hybridized carbons (Fsp3) is 0.462. The van der Waals surface area contributed by atoms with Gasteiger partial charge in [0.15, 0.2) is 5.96 Å². The Kier molecular flexibility index (Phi) is 14.2. The molecule has 1 aromatic carbocycles. The fourth-order valence-electron chi connectivity index (χ4n) is 3.85. The lowest BCUT2D eigenvalue weighted by Gasteiger charge is -2.25. The first-order chi connectivity index (χ1) is 19.6. The Hall–Kier alpha value is -4.11. The summed E-state index contributed by atoms with van der Waals surface area (Å²) in [4.78, 5) is 61.9. The maximum absolute atomic E-state index is 13.5. The molecule has 0 saturated heterocycles. The summed E-state index contributed by atoms with van der Waals surface area (Å²) in [5.74, 6) is -2.56. The molecular formula is C26H39N9O5S. The van der Waals surface area contributed by atoms with Gasteiger partial charge in [-0.25, -0.2) is 9.78 Å². The second kappa shape index (κ2) is 17.6. The summed E-state index contributed by atoms with van der Waals surface area (Å²) in [6.07, 6.45) is 5.85. The molecule has 2 rings (SSSR count). The van der Waals surface area contributed by atoms with E-state index in [0.717, 1.165) is 5.56 Å². The third-order valence-electron chi connectivity index (χ3n) is 6.06. The molecule has 2 aromatic rings. The summed E-state index contributed by atoms with van der Waals surface area (Å²) in [6.45, 7) is 0.307. The van der Waals surface area contributed by atoms with Crippen molar-refractivity contribution in [3.05, 3.63) is 54.1 Å². The van der Waals surface area contributed by atoms with Gasteiger partial charge < -0.3 is 43.2 Å². The summed E-state index contributed by atoms with van der Waals surface area (Å²) in [5, 5.41) is 17.6. The predicted molar refractivity (Wildman–Crippen MR) is 157 cm³/mol. The van der Waals surface area contributed by atoms with Crippen molar-refractivity contribution < 1.29 is 24.3 Å². The first kappa shape index (κ1) is 33.1. The van der Waals surface area contributed by atoms with E-state index >= 15 is 0 Å². The van der Waals surface area contributed by atoms with Crippen LogP contribution < -0.4 is 33.2 Å². The number of nitrogens with two attached hydrogens (primary N) is 3. The van der Waals surface area contributed by atoms with Crippen LogP contribution in [0.2, 0.25) is 0 Å².